The van der Waals surface area contributed by atoms with Gasteiger partial charge in [-0.1, -0.05) is 11.3 Å². The van der Waals surface area contributed by atoms with E-state index < -0.39 is 11.0 Å². The molecule has 1 aromatic carbocycles. The van der Waals surface area contributed by atoms with Crippen molar-refractivity contribution in [2.45, 2.75) is 44.9 Å². The Morgan fingerprint density at radius 3 is 2.66 bits per heavy atom. The van der Waals surface area contributed by atoms with Gasteiger partial charge in [0.05, 0.1) is 29.9 Å². The number of rotatable bonds is 8. The molecule has 6 rings (SSSR count). The van der Waals surface area contributed by atoms with E-state index in [1.807, 2.05) is 36.5 Å². The second-order valence-electron chi connectivity index (χ2n) is 9.90. The fourth-order valence-electron chi connectivity index (χ4n) is 5.24. The van der Waals surface area contributed by atoms with E-state index in [-0.39, 0.29) is 12.4 Å². The maximum atomic E-state index is 12.2. The van der Waals surface area contributed by atoms with Crippen molar-refractivity contribution in [1.82, 2.24) is 15.0 Å². The van der Waals surface area contributed by atoms with Crippen molar-refractivity contribution in [2.24, 2.45) is 5.41 Å². The first-order valence-corrected chi connectivity index (χ1v) is 13.8. The molecule has 2 fully saturated rings. The van der Waals surface area contributed by atoms with Crippen LogP contribution in [-0.4, -0.2) is 49.8 Å². The van der Waals surface area contributed by atoms with Crippen LogP contribution in [0.3, 0.4) is 0 Å². The highest BCUT2D eigenvalue weighted by molar-refractivity contribution is 7.86. The first-order chi connectivity index (χ1) is 17.1. The number of aliphatic hydroxyl groups excluding tert-OH is 1. The maximum absolute atomic E-state index is 12.2. The summed E-state index contributed by atoms with van der Waals surface area (Å²) in [6.45, 7) is 1.87. The molecule has 0 radical (unpaired) electrons. The van der Waals surface area contributed by atoms with Crippen molar-refractivity contribution >= 4 is 27.9 Å². The van der Waals surface area contributed by atoms with Gasteiger partial charge in [0.15, 0.2) is 5.76 Å². The average Bonchev–Trinajstić information content (AvgIpc) is 3.35. The van der Waals surface area contributed by atoms with Crippen molar-refractivity contribution in [3.05, 3.63) is 48.4 Å². The molecule has 2 N–H and O–H groups in total. The fourth-order valence-corrected chi connectivity index (χ4v) is 5.89. The minimum atomic E-state index is -1.33. The smallest absolute Gasteiger partial charge is 0.156 e. The number of anilines is 2. The summed E-state index contributed by atoms with van der Waals surface area (Å²) in [5, 5.41) is 18.0. The van der Waals surface area contributed by atoms with E-state index >= 15 is 0 Å². The number of nitrogens with one attached hydrogen (secondary N) is 1. The highest BCUT2D eigenvalue weighted by atomic mass is 32.2. The lowest BCUT2D eigenvalue weighted by Crippen LogP contribution is -2.35. The molecule has 184 valence electrons. The standard InChI is InChI=1S/C26H31N5O3S/c32-15-16-35(33)28-20-5-6-22(23(17-20)30-13-11-26(9-10-26)12-14-30)31-18-21(27-29-31)25-8-7-24(34-25)19-3-1-2-4-19/h3,5-8,17-18,28,32H,1-2,4,9-16H2. The number of hydrogen-bond donors (Lipinski definition) is 2. The summed E-state index contributed by atoms with van der Waals surface area (Å²) in [6, 6.07) is 9.91. The number of hydrogen-bond acceptors (Lipinski definition) is 6. The molecular weight excluding hydrogens is 462 g/mol. The van der Waals surface area contributed by atoms with Gasteiger partial charge in [0.2, 0.25) is 0 Å². The molecule has 3 aliphatic rings. The van der Waals surface area contributed by atoms with Crippen molar-refractivity contribution < 1.29 is 13.7 Å². The van der Waals surface area contributed by atoms with Crippen LogP contribution >= 0.6 is 0 Å². The van der Waals surface area contributed by atoms with Crippen LogP contribution in [0.1, 0.15) is 50.7 Å². The first kappa shape index (κ1) is 22.5. The summed E-state index contributed by atoms with van der Waals surface area (Å²) >= 11 is 0. The van der Waals surface area contributed by atoms with Crippen LogP contribution in [0.2, 0.25) is 0 Å². The Hall–Kier alpha value is -2.91. The largest absolute Gasteiger partial charge is 0.455 e. The normalized spacial score (nSPS) is 19.7. The second kappa shape index (κ2) is 9.28. The molecule has 9 heteroatoms. The zero-order valence-electron chi connectivity index (χ0n) is 19.8. The third-order valence-electron chi connectivity index (χ3n) is 7.56. The van der Waals surface area contributed by atoms with Crippen LogP contribution in [-0.2, 0) is 11.0 Å². The molecule has 1 aliphatic heterocycles. The summed E-state index contributed by atoms with van der Waals surface area (Å²) in [5.74, 6) is 1.82. The molecule has 1 saturated heterocycles. The van der Waals surface area contributed by atoms with E-state index in [0.29, 0.717) is 16.9 Å². The number of nitrogens with zero attached hydrogens (tertiary/aromatic N) is 4. The summed E-state index contributed by atoms with van der Waals surface area (Å²) in [7, 11) is -1.33. The SMILES string of the molecule is O=S(CCO)Nc1ccc(-n2cc(-c3ccc(C4=CCCC4)o3)nn2)c(N2CCC3(CC2)CC3)c1. The number of piperidine rings is 1. The van der Waals surface area contributed by atoms with Gasteiger partial charge in [0, 0.05) is 18.8 Å². The Kier molecular flexibility index (Phi) is 5.98. The molecule has 0 bridgehead atoms. The zero-order valence-corrected chi connectivity index (χ0v) is 20.6. The van der Waals surface area contributed by atoms with E-state index in [1.54, 1.807) is 4.68 Å². The highest BCUT2D eigenvalue weighted by Gasteiger charge is 2.44. The van der Waals surface area contributed by atoms with E-state index in [1.165, 1.54) is 37.7 Å². The average molecular weight is 494 g/mol. The molecule has 3 aromatic rings. The lowest BCUT2D eigenvalue weighted by atomic mass is 9.93. The third-order valence-corrected chi connectivity index (χ3v) is 8.58. The van der Waals surface area contributed by atoms with Crippen molar-refractivity contribution in [1.29, 1.82) is 0 Å². The van der Waals surface area contributed by atoms with Gasteiger partial charge in [-0.2, -0.15) is 0 Å². The summed E-state index contributed by atoms with van der Waals surface area (Å²) < 4.78 is 23.1. The zero-order chi connectivity index (χ0) is 23.8. The van der Waals surface area contributed by atoms with Crippen molar-refractivity contribution in [3.8, 4) is 17.1 Å². The van der Waals surface area contributed by atoms with Crippen molar-refractivity contribution in [3.63, 3.8) is 0 Å². The Labute approximate surface area is 207 Å². The Morgan fingerprint density at radius 1 is 1.09 bits per heavy atom. The number of aromatic nitrogens is 3. The number of furan rings is 1. The van der Waals surface area contributed by atoms with E-state index in [0.717, 1.165) is 48.8 Å². The Morgan fingerprint density at radius 2 is 1.91 bits per heavy atom. The highest BCUT2D eigenvalue weighted by Crippen LogP contribution is 2.54. The molecular formula is C26H31N5O3S. The molecule has 1 spiro atoms. The molecule has 2 aromatic heterocycles. The van der Waals surface area contributed by atoms with Gasteiger partial charge in [-0.05, 0) is 86.3 Å². The van der Waals surface area contributed by atoms with Crippen molar-refractivity contribution in [2.75, 3.05) is 35.1 Å². The molecule has 1 unspecified atom stereocenters. The molecule has 1 saturated carbocycles. The summed E-state index contributed by atoms with van der Waals surface area (Å²) in [4.78, 5) is 2.40. The lowest BCUT2D eigenvalue weighted by Gasteiger charge is -2.35. The van der Waals surface area contributed by atoms with Gasteiger partial charge in [-0.15, -0.1) is 5.10 Å². The van der Waals surface area contributed by atoms with Gasteiger partial charge in [0.1, 0.15) is 22.4 Å². The van der Waals surface area contributed by atoms with Gasteiger partial charge in [-0.3, -0.25) is 0 Å². The number of allylic oxidation sites excluding steroid dienone is 2. The summed E-state index contributed by atoms with van der Waals surface area (Å²) in [6.07, 6.45) is 12.6. The number of aliphatic hydroxyl groups is 1. The Balaban J connectivity index is 1.29. The van der Waals surface area contributed by atoms with Crippen LogP contribution < -0.4 is 9.62 Å². The molecule has 3 heterocycles. The van der Waals surface area contributed by atoms with E-state index in [4.69, 9.17) is 9.52 Å². The fraction of sp³-hybridized carbons (Fsp3) is 0.462. The molecule has 8 nitrogen and oxygen atoms in total. The predicted molar refractivity (Wildman–Crippen MR) is 138 cm³/mol. The predicted octanol–water partition coefficient (Wildman–Crippen LogP) is 4.54. The van der Waals surface area contributed by atoms with Crippen LogP contribution in [0, 0.1) is 5.41 Å². The van der Waals surface area contributed by atoms with Crippen LogP contribution in [0.5, 0.6) is 0 Å². The van der Waals surface area contributed by atoms with E-state index in [9.17, 15) is 4.21 Å². The van der Waals surface area contributed by atoms with Gasteiger partial charge < -0.3 is 19.1 Å². The van der Waals surface area contributed by atoms with Gasteiger partial charge >= 0.3 is 0 Å². The first-order valence-electron chi connectivity index (χ1n) is 12.5. The van der Waals surface area contributed by atoms with E-state index in [2.05, 4.69) is 26.0 Å². The number of benzene rings is 1. The second-order valence-corrected chi connectivity index (χ2v) is 11.2. The van der Waals surface area contributed by atoms with Crippen LogP contribution in [0.4, 0.5) is 11.4 Å². The quantitative estimate of drug-likeness (QED) is 0.478. The van der Waals surface area contributed by atoms with Crippen LogP contribution in [0.15, 0.2) is 47.0 Å². The third kappa shape index (κ3) is 4.67. The van der Waals surface area contributed by atoms with Gasteiger partial charge in [0.25, 0.3) is 0 Å². The molecule has 35 heavy (non-hydrogen) atoms. The molecule has 2 aliphatic carbocycles. The van der Waals surface area contributed by atoms with Crippen LogP contribution in [0.25, 0.3) is 22.7 Å². The maximum Gasteiger partial charge on any atom is 0.156 e. The van der Waals surface area contributed by atoms with Gasteiger partial charge in [-0.25, -0.2) is 8.89 Å². The topological polar surface area (TPSA) is 96.4 Å². The Bertz CT molecular complexity index is 1270. The lowest BCUT2D eigenvalue weighted by molar-refractivity contribution is 0.321. The molecule has 1 atom stereocenters. The monoisotopic (exact) mass is 493 g/mol. The summed E-state index contributed by atoms with van der Waals surface area (Å²) in [5.41, 5.74) is 5.27. The molecule has 0 amide bonds. The minimum absolute atomic E-state index is 0.119. The minimum Gasteiger partial charge on any atom is -0.455 e.